The molecule has 4 N–H and O–H groups in total. The number of carbonyl (C=O) groups is 1. The maximum Gasteiger partial charge on any atom is 0.239 e. The predicted molar refractivity (Wildman–Crippen MR) is 99.6 cm³/mol. The number of carbonyl (C=O) groups excluding carboxylic acids is 1. The molecule has 1 aliphatic rings. The second-order valence-corrected chi connectivity index (χ2v) is 6.24. The van der Waals surface area contributed by atoms with Gasteiger partial charge in [-0.05, 0) is 43.2 Å². The second kappa shape index (κ2) is 6.47. The zero-order chi connectivity index (χ0) is 18.1. The summed E-state index contributed by atoms with van der Waals surface area (Å²) < 4.78 is 5.36. The number of methoxy groups -OCH3 is 1. The Labute approximate surface area is 147 Å². The van der Waals surface area contributed by atoms with E-state index in [-0.39, 0.29) is 11.9 Å². The topological polar surface area (TPSA) is 93.9 Å². The number of nitrogens with zero attached hydrogens (tertiary/aromatic N) is 2. The van der Waals surface area contributed by atoms with E-state index in [1.165, 1.54) is 11.9 Å². The fraction of sp³-hybridized carbons (Fsp3) is 0.263. The van der Waals surface area contributed by atoms with Crippen LogP contribution in [-0.4, -0.2) is 29.8 Å². The summed E-state index contributed by atoms with van der Waals surface area (Å²) in [6.45, 7) is 3.50. The molecule has 1 unspecified atom stereocenters. The molecule has 0 aliphatic carbocycles. The van der Waals surface area contributed by atoms with Crippen molar-refractivity contribution in [3.63, 3.8) is 0 Å². The Kier molecular flexibility index (Phi) is 4.35. The van der Waals surface area contributed by atoms with Gasteiger partial charge in [-0.2, -0.15) is 5.10 Å². The smallest absolute Gasteiger partial charge is 0.239 e. The first-order valence-corrected chi connectivity index (χ1v) is 8.11. The van der Waals surface area contributed by atoms with Crippen molar-refractivity contribution < 1.29 is 9.53 Å². The molecule has 0 saturated heterocycles. The lowest BCUT2D eigenvalue weighted by atomic mass is 9.93. The van der Waals surface area contributed by atoms with Crippen molar-refractivity contribution in [2.75, 3.05) is 18.6 Å². The van der Waals surface area contributed by atoms with Crippen LogP contribution in [0.15, 0.2) is 41.5 Å². The van der Waals surface area contributed by atoms with E-state index in [4.69, 9.17) is 16.2 Å². The molecule has 0 aromatic heterocycles. The van der Waals surface area contributed by atoms with Gasteiger partial charge in [0.2, 0.25) is 5.91 Å². The highest BCUT2D eigenvalue weighted by Gasteiger charge is 2.26. The summed E-state index contributed by atoms with van der Waals surface area (Å²) >= 11 is 0. The number of hydrogen-bond donors (Lipinski definition) is 2. The van der Waals surface area contributed by atoms with Crippen molar-refractivity contribution in [1.82, 2.24) is 5.01 Å². The minimum absolute atomic E-state index is 0.0733. The monoisotopic (exact) mass is 338 g/mol. The number of anilines is 2. The van der Waals surface area contributed by atoms with Gasteiger partial charge in [-0.3, -0.25) is 4.79 Å². The van der Waals surface area contributed by atoms with Gasteiger partial charge in [-0.1, -0.05) is 12.1 Å². The number of benzene rings is 2. The molecule has 1 aliphatic heterocycles. The van der Waals surface area contributed by atoms with Crippen LogP contribution in [0, 0.1) is 0 Å². The molecule has 2 aromatic carbocycles. The highest BCUT2D eigenvalue weighted by Crippen LogP contribution is 2.31. The first-order valence-electron chi connectivity index (χ1n) is 8.11. The van der Waals surface area contributed by atoms with Gasteiger partial charge in [0.05, 0.1) is 24.6 Å². The van der Waals surface area contributed by atoms with Gasteiger partial charge >= 0.3 is 0 Å². The number of fused-ring (bicyclic) bond motifs is 1. The first-order chi connectivity index (χ1) is 11.9. The van der Waals surface area contributed by atoms with Crippen LogP contribution >= 0.6 is 0 Å². The zero-order valence-corrected chi connectivity index (χ0v) is 14.6. The van der Waals surface area contributed by atoms with Crippen molar-refractivity contribution in [3.8, 4) is 5.75 Å². The van der Waals surface area contributed by atoms with Crippen LogP contribution in [0.5, 0.6) is 5.75 Å². The number of nitrogens with two attached hydrogens (primary N) is 2. The Bertz CT molecular complexity index is 843. The number of nitrogen functional groups attached to an aromatic ring is 2. The normalized spacial score (nSPS) is 16.7. The number of hydrogen-bond acceptors (Lipinski definition) is 5. The van der Waals surface area contributed by atoms with Crippen LogP contribution in [0.25, 0.3) is 0 Å². The third kappa shape index (κ3) is 3.15. The van der Waals surface area contributed by atoms with E-state index in [0.29, 0.717) is 29.3 Å². The maximum atomic E-state index is 12.1. The van der Waals surface area contributed by atoms with Gasteiger partial charge in [-0.15, -0.1) is 0 Å². The molecule has 2 aromatic rings. The van der Waals surface area contributed by atoms with E-state index >= 15 is 0 Å². The molecule has 6 nitrogen and oxygen atoms in total. The summed E-state index contributed by atoms with van der Waals surface area (Å²) in [6.07, 6.45) is 0.660. The van der Waals surface area contributed by atoms with E-state index in [1.54, 1.807) is 7.11 Å². The quantitative estimate of drug-likeness (QED) is 0.822. The molecule has 0 spiro atoms. The van der Waals surface area contributed by atoms with Gasteiger partial charge in [0, 0.05) is 23.7 Å². The van der Waals surface area contributed by atoms with Crippen LogP contribution < -0.4 is 16.2 Å². The standard InChI is InChI=1S/C19H22N4O2/c1-11-8-14-9-18(25-3)17(21)10-16(14)19(22-23(11)12(2)24)13-4-6-15(20)7-5-13/h4-7,9-11H,8,20-21H2,1-3H3. The van der Waals surface area contributed by atoms with Crippen molar-refractivity contribution in [3.05, 3.63) is 53.1 Å². The number of hydrazone groups is 1. The molecule has 1 amide bonds. The van der Waals surface area contributed by atoms with Crippen LogP contribution in [0.1, 0.15) is 30.5 Å². The summed E-state index contributed by atoms with van der Waals surface area (Å²) in [4.78, 5) is 12.1. The number of amides is 1. The SMILES string of the molecule is COc1cc2c(cc1N)C(c1ccc(N)cc1)=NN(C(C)=O)C(C)C2. The average Bonchev–Trinajstić information content (AvgIpc) is 2.71. The lowest BCUT2D eigenvalue weighted by Gasteiger charge is -2.21. The van der Waals surface area contributed by atoms with E-state index in [2.05, 4.69) is 5.10 Å². The van der Waals surface area contributed by atoms with Crippen molar-refractivity contribution in [2.24, 2.45) is 5.10 Å². The number of ether oxygens (including phenoxy) is 1. The minimum Gasteiger partial charge on any atom is -0.495 e. The summed E-state index contributed by atoms with van der Waals surface area (Å²) in [5.74, 6) is 0.520. The van der Waals surface area contributed by atoms with Crippen LogP contribution in [0.4, 0.5) is 11.4 Å². The van der Waals surface area contributed by atoms with Crippen LogP contribution in [0.2, 0.25) is 0 Å². The molecule has 0 saturated carbocycles. The van der Waals surface area contributed by atoms with Gasteiger partial charge in [0.15, 0.2) is 0 Å². The van der Waals surface area contributed by atoms with E-state index < -0.39 is 0 Å². The molecule has 0 radical (unpaired) electrons. The van der Waals surface area contributed by atoms with E-state index in [0.717, 1.165) is 16.7 Å². The molecule has 1 heterocycles. The van der Waals surface area contributed by atoms with Gasteiger partial charge in [-0.25, -0.2) is 5.01 Å². The molecule has 0 fully saturated rings. The van der Waals surface area contributed by atoms with E-state index in [9.17, 15) is 4.79 Å². The third-order valence-corrected chi connectivity index (χ3v) is 4.36. The maximum absolute atomic E-state index is 12.1. The fourth-order valence-electron chi connectivity index (χ4n) is 3.10. The predicted octanol–water partition coefficient (Wildman–Crippen LogP) is 2.41. The first kappa shape index (κ1) is 16.8. The Balaban J connectivity index is 2.24. The molecule has 25 heavy (non-hydrogen) atoms. The minimum atomic E-state index is -0.104. The average molecular weight is 338 g/mol. The molecule has 0 bridgehead atoms. The highest BCUT2D eigenvalue weighted by atomic mass is 16.5. The van der Waals surface area contributed by atoms with Crippen molar-refractivity contribution in [1.29, 1.82) is 0 Å². The Hall–Kier alpha value is -3.02. The second-order valence-electron chi connectivity index (χ2n) is 6.24. The summed E-state index contributed by atoms with van der Waals surface area (Å²) in [7, 11) is 1.59. The van der Waals surface area contributed by atoms with Crippen molar-refractivity contribution in [2.45, 2.75) is 26.3 Å². The molecular weight excluding hydrogens is 316 g/mol. The Morgan fingerprint density at radius 1 is 1.24 bits per heavy atom. The van der Waals surface area contributed by atoms with Crippen molar-refractivity contribution >= 4 is 23.0 Å². The highest BCUT2D eigenvalue weighted by molar-refractivity contribution is 6.14. The summed E-state index contributed by atoms with van der Waals surface area (Å²) in [6, 6.07) is 11.1. The summed E-state index contributed by atoms with van der Waals surface area (Å²) in [5.41, 5.74) is 16.6. The fourth-order valence-corrected chi connectivity index (χ4v) is 3.10. The van der Waals surface area contributed by atoms with Crippen LogP contribution in [-0.2, 0) is 11.2 Å². The van der Waals surface area contributed by atoms with Gasteiger partial charge in [0.25, 0.3) is 0 Å². The summed E-state index contributed by atoms with van der Waals surface area (Å²) in [5, 5.41) is 6.18. The van der Waals surface area contributed by atoms with E-state index in [1.807, 2.05) is 43.3 Å². The lowest BCUT2D eigenvalue weighted by Crippen LogP contribution is -2.33. The Morgan fingerprint density at radius 2 is 1.92 bits per heavy atom. The molecule has 6 heteroatoms. The molecule has 1 atom stereocenters. The molecule has 3 rings (SSSR count). The third-order valence-electron chi connectivity index (χ3n) is 4.36. The van der Waals surface area contributed by atoms with Gasteiger partial charge in [0.1, 0.15) is 5.75 Å². The van der Waals surface area contributed by atoms with Gasteiger partial charge < -0.3 is 16.2 Å². The molecular formula is C19H22N4O2. The number of rotatable bonds is 2. The zero-order valence-electron chi connectivity index (χ0n) is 14.6. The largest absolute Gasteiger partial charge is 0.495 e. The Morgan fingerprint density at radius 3 is 2.52 bits per heavy atom. The van der Waals surface area contributed by atoms with Crippen LogP contribution in [0.3, 0.4) is 0 Å². The lowest BCUT2D eigenvalue weighted by molar-refractivity contribution is -0.130. The molecule has 130 valence electrons.